The van der Waals surface area contributed by atoms with Crippen LogP contribution in [0.1, 0.15) is 62.2 Å². The van der Waals surface area contributed by atoms with Gasteiger partial charge in [-0.15, -0.1) is 0 Å². The summed E-state index contributed by atoms with van der Waals surface area (Å²) >= 11 is 0. The van der Waals surface area contributed by atoms with E-state index in [9.17, 15) is 19.2 Å². The standard InChI is InChI=1S/C21H22N2O6/c1-4-28-20(26)15-11-9-14(10-12-15)18(24)22-23-19(25)16-7-5-6-8-17(16)21(27)29-13(2)3/h5-13H,4H2,1-3H3,(H,22,24)(H,23,25). The number of hydrogen-bond donors (Lipinski definition) is 2. The molecule has 0 fully saturated rings. The van der Waals surface area contributed by atoms with Gasteiger partial charge >= 0.3 is 11.9 Å². The highest BCUT2D eigenvalue weighted by Crippen LogP contribution is 2.11. The van der Waals surface area contributed by atoms with E-state index >= 15 is 0 Å². The molecule has 0 spiro atoms. The van der Waals surface area contributed by atoms with Crippen molar-refractivity contribution in [2.24, 2.45) is 0 Å². The van der Waals surface area contributed by atoms with Gasteiger partial charge in [-0.25, -0.2) is 9.59 Å². The van der Waals surface area contributed by atoms with Gasteiger partial charge in [0.2, 0.25) is 0 Å². The third kappa shape index (κ3) is 5.90. The molecule has 0 saturated carbocycles. The molecular weight excluding hydrogens is 376 g/mol. The van der Waals surface area contributed by atoms with Crippen molar-refractivity contribution in [1.82, 2.24) is 10.9 Å². The summed E-state index contributed by atoms with van der Waals surface area (Å²) in [5, 5.41) is 0. The van der Waals surface area contributed by atoms with Gasteiger partial charge in [0.05, 0.1) is 29.4 Å². The van der Waals surface area contributed by atoms with Gasteiger partial charge in [0, 0.05) is 5.56 Å². The molecule has 2 rings (SSSR count). The Hall–Kier alpha value is -3.68. The quantitative estimate of drug-likeness (QED) is 0.571. The van der Waals surface area contributed by atoms with E-state index in [1.54, 1.807) is 32.9 Å². The number of hydrogen-bond acceptors (Lipinski definition) is 6. The maximum absolute atomic E-state index is 12.4. The number of benzene rings is 2. The molecule has 0 saturated heterocycles. The van der Waals surface area contributed by atoms with E-state index in [0.29, 0.717) is 5.56 Å². The highest BCUT2D eigenvalue weighted by molar-refractivity contribution is 6.06. The second-order valence-corrected chi connectivity index (χ2v) is 6.21. The molecular formula is C21H22N2O6. The van der Waals surface area contributed by atoms with E-state index in [4.69, 9.17) is 9.47 Å². The first-order chi connectivity index (χ1) is 13.8. The van der Waals surface area contributed by atoms with Gasteiger partial charge in [-0.1, -0.05) is 12.1 Å². The Bertz CT molecular complexity index is 906. The van der Waals surface area contributed by atoms with E-state index in [1.165, 1.54) is 36.4 Å². The van der Waals surface area contributed by atoms with E-state index in [0.717, 1.165) is 0 Å². The first kappa shape index (κ1) is 21.6. The molecule has 0 bridgehead atoms. The van der Waals surface area contributed by atoms with E-state index in [-0.39, 0.29) is 29.4 Å². The molecule has 0 aliphatic heterocycles. The van der Waals surface area contributed by atoms with Crippen LogP contribution in [-0.2, 0) is 9.47 Å². The molecule has 2 aromatic rings. The Balaban J connectivity index is 2.03. The highest BCUT2D eigenvalue weighted by Gasteiger charge is 2.19. The predicted molar refractivity (Wildman–Crippen MR) is 104 cm³/mol. The number of rotatable bonds is 6. The van der Waals surface area contributed by atoms with E-state index in [1.807, 2.05) is 0 Å². The first-order valence-corrected chi connectivity index (χ1v) is 9.01. The van der Waals surface area contributed by atoms with Crippen molar-refractivity contribution in [2.45, 2.75) is 26.9 Å². The molecule has 2 N–H and O–H groups in total. The average Bonchev–Trinajstić information content (AvgIpc) is 2.71. The molecule has 0 heterocycles. The number of carbonyl (C=O) groups is 4. The summed E-state index contributed by atoms with van der Waals surface area (Å²) in [5.74, 6) is -2.38. The Labute approximate surface area is 168 Å². The van der Waals surface area contributed by atoms with Crippen molar-refractivity contribution in [3.63, 3.8) is 0 Å². The molecule has 0 aliphatic carbocycles. The number of carbonyl (C=O) groups excluding carboxylic acids is 4. The lowest BCUT2D eigenvalue weighted by molar-refractivity contribution is 0.0374. The van der Waals surface area contributed by atoms with Crippen molar-refractivity contribution in [1.29, 1.82) is 0 Å². The van der Waals surface area contributed by atoms with Crippen molar-refractivity contribution >= 4 is 23.8 Å². The fourth-order valence-electron chi connectivity index (χ4n) is 2.36. The van der Waals surface area contributed by atoms with Crippen molar-refractivity contribution < 1.29 is 28.7 Å². The number of esters is 2. The normalized spacial score (nSPS) is 10.2. The molecule has 29 heavy (non-hydrogen) atoms. The fourth-order valence-corrected chi connectivity index (χ4v) is 2.36. The Morgan fingerprint density at radius 2 is 1.34 bits per heavy atom. The third-order valence-electron chi connectivity index (χ3n) is 3.68. The molecule has 0 aromatic heterocycles. The van der Waals surface area contributed by atoms with Crippen LogP contribution in [0.15, 0.2) is 48.5 Å². The fraction of sp³-hybridized carbons (Fsp3) is 0.238. The molecule has 0 unspecified atom stereocenters. The van der Waals surface area contributed by atoms with E-state index in [2.05, 4.69) is 10.9 Å². The molecule has 2 aromatic carbocycles. The number of nitrogens with one attached hydrogen (secondary N) is 2. The summed E-state index contributed by atoms with van der Waals surface area (Å²) < 4.78 is 10.0. The predicted octanol–water partition coefficient (Wildman–Crippen LogP) is 2.50. The molecule has 0 radical (unpaired) electrons. The largest absolute Gasteiger partial charge is 0.462 e. The molecule has 152 valence electrons. The van der Waals surface area contributed by atoms with Gasteiger partial charge < -0.3 is 9.47 Å². The second-order valence-electron chi connectivity index (χ2n) is 6.21. The van der Waals surface area contributed by atoms with Crippen LogP contribution in [0.3, 0.4) is 0 Å². The smallest absolute Gasteiger partial charge is 0.339 e. The maximum atomic E-state index is 12.4. The summed E-state index contributed by atoms with van der Waals surface area (Å²) in [6.45, 7) is 5.35. The second kappa shape index (κ2) is 10.0. The van der Waals surface area contributed by atoms with Crippen LogP contribution < -0.4 is 10.9 Å². The lowest BCUT2D eigenvalue weighted by atomic mass is 10.1. The minimum absolute atomic E-state index is 0.0658. The summed E-state index contributed by atoms with van der Waals surface area (Å²) in [6.07, 6.45) is -0.337. The van der Waals surface area contributed by atoms with Crippen molar-refractivity contribution in [2.75, 3.05) is 6.61 Å². The van der Waals surface area contributed by atoms with Crippen LogP contribution in [0.4, 0.5) is 0 Å². The zero-order valence-electron chi connectivity index (χ0n) is 16.4. The van der Waals surface area contributed by atoms with Crippen molar-refractivity contribution in [3.8, 4) is 0 Å². The highest BCUT2D eigenvalue weighted by atomic mass is 16.5. The zero-order chi connectivity index (χ0) is 21.4. The van der Waals surface area contributed by atoms with Crippen molar-refractivity contribution in [3.05, 3.63) is 70.8 Å². The summed E-state index contributed by atoms with van der Waals surface area (Å²) in [7, 11) is 0. The Morgan fingerprint density at radius 1 is 0.793 bits per heavy atom. The van der Waals surface area contributed by atoms with Crippen LogP contribution in [-0.4, -0.2) is 36.5 Å². The molecule has 2 amide bonds. The van der Waals surface area contributed by atoms with Gasteiger partial charge in [-0.3, -0.25) is 20.4 Å². The minimum atomic E-state index is -0.669. The lowest BCUT2D eigenvalue weighted by Crippen LogP contribution is -2.42. The van der Waals surface area contributed by atoms with Gasteiger partial charge in [0.1, 0.15) is 0 Å². The van der Waals surface area contributed by atoms with Gasteiger partial charge in [0.15, 0.2) is 0 Å². The Kier molecular flexibility index (Phi) is 7.47. The van der Waals surface area contributed by atoms with Crippen LogP contribution in [0, 0.1) is 0 Å². The third-order valence-corrected chi connectivity index (χ3v) is 3.68. The molecule has 0 atom stereocenters. The number of hydrazine groups is 1. The van der Waals surface area contributed by atoms with Gasteiger partial charge in [0.25, 0.3) is 11.8 Å². The Morgan fingerprint density at radius 3 is 1.93 bits per heavy atom. The number of ether oxygens (including phenoxy) is 2. The van der Waals surface area contributed by atoms with E-state index < -0.39 is 23.8 Å². The van der Waals surface area contributed by atoms with Crippen LogP contribution >= 0.6 is 0 Å². The monoisotopic (exact) mass is 398 g/mol. The van der Waals surface area contributed by atoms with Gasteiger partial charge in [-0.2, -0.15) is 0 Å². The van der Waals surface area contributed by atoms with Crippen LogP contribution in [0.25, 0.3) is 0 Å². The lowest BCUT2D eigenvalue weighted by Gasteiger charge is -2.12. The summed E-state index contributed by atoms with van der Waals surface area (Å²) in [6, 6.07) is 11.9. The maximum Gasteiger partial charge on any atom is 0.339 e. The topological polar surface area (TPSA) is 111 Å². The van der Waals surface area contributed by atoms with Crippen LogP contribution in [0.2, 0.25) is 0 Å². The molecule has 0 aliphatic rings. The minimum Gasteiger partial charge on any atom is -0.462 e. The first-order valence-electron chi connectivity index (χ1n) is 9.01. The number of amides is 2. The summed E-state index contributed by atoms with van der Waals surface area (Å²) in [4.78, 5) is 48.4. The van der Waals surface area contributed by atoms with Gasteiger partial charge in [-0.05, 0) is 57.2 Å². The zero-order valence-corrected chi connectivity index (χ0v) is 16.4. The van der Waals surface area contributed by atoms with Crippen LogP contribution in [0.5, 0.6) is 0 Å². The molecule has 8 nitrogen and oxygen atoms in total. The average molecular weight is 398 g/mol. The SMILES string of the molecule is CCOC(=O)c1ccc(C(=O)NNC(=O)c2ccccc2C(=O)OC(C)C)cc1. The molecule has 8 heteroatoms. The summed E-state index contributed by atoms with van der Waals surface area (Å²) in [5.41, 5.74) is 5.23.